The first-order valence-electron chi connectivity index (χ1n) is 11.6. The number of H-pyrrole nitrogens is 1. The molecule has 5 nitrogen and oxygen atoms in total. The summed E-state index contributed by atoms with van der Waals surface area (Å²) >= 11 is 0. The molecule has 5 heteroatoms. The van der Waals surface area contributed by atoms with Crippen LogP contribution in [0.5, 0.6) is 5.75 Å². The molecule has 1 N–H and O–H groups in total. The maximum atomic E-state index is 5.40. The Hall–Kier alpha value is -3.18. The number of methoxy groups -OCH3 is 1. The second-order valence-corrected chi connectivity index (χ2v) is 8.60. The lowest BCUT2D eigenvalue weighted by Crippen LogP contribution is -2.46. The number of aromatic amines is 1. The van der Waals surface area contributed by atoms with Gasteiger partial charge in [-0.2, -0.15) is 0 Å². The number of hydrogen-bond acceptors (Lipinski definition) is 4. The molecule has 0 spiro atoms. The zero-order valence-electron chi connectivity index (χ0n) is 18.8. The van der Waals surface area contributed by atoms with Crippen molar-refractivity contribution >= 4 is 22.3 Å². The van der Waals surface area contributed by atoms with Crippen LogP contribution < -0.4 is 14.5 Å². The molecule has 1 fully saturated rings. The van der Waals surface area contributed by atoms with Crippen LogP contribution >= 0.6 is 0 Å². The van der Waals surface area contributed by atoms with Gasteiger partial charge in [0.15, 0.2) is 0 Å². The number of aryl methyl sites for hydroxylation is 1. The van der Waals surface area contributed by atoms with E-state index in [0.29, 0.717) is 0 Å². The largest absolute Gasteiger partial charge is 0.497 e. The molecule has 0 radical (unpaired) electrons. The van der Waals surface area contributed by atoms with Gasteiger partial charge in [0, 0.05) is 67.4 Å². The first kappa shape index (κ1) is 20.7. The molecule has 0 amide bonds. The van der Waals surface area contributed by atoms with Crippen molar-refractivity contribution in [1.82, 2.24) is 9.88 Å². The number of nitrogens with zero attached hydrogens (tertiary/aromatic N) is 3. The van der Waals surface area contributed by atoms with E-state index in [1.54, 1.807) is 7.11 Å². The lowest BCUT2D eigenvalue weighted by atomic mass is 10.1. The Morgan fingerprint density at radius 1 is 0.938 bits per heavy atom. The number of ether oxygens (including phenoxy) is 1. The number of allylic oxidation sites excluding steroid dienone is 2. The molecule has 5 rings (SSSR count). The van der Waals surface area contributed by atoms with Crippen molar-refractivity contribution in [2.75, 3.05) is 56.2 Å². The summed E-state index contributed by atoms with van der Waals surface area (Å²) in [7, 11) is 1.73. The van der Waals surface area contributed by atoms with Crippen LogP contribution in [0.1, 0.15) is 12.0 Å². The number of anilines is 2. The number of hydrogen-bond donors (Lipinski definition) is 1. The predicted octanol–water partition coefficient (Wildman–Crippen LogP) is 4.82. The standard InChI is InChI=1S/C27H32N4O/c1-32-25-11-12-27-26(20-25)22(21-28-27)6-5-13-29-16-18-31(19-17-29)24-9-7-23(8-10-24)30-14-3-2-4-15-30/h2-4,7-12,14,20-21,28H,5-6,13,15-19H2,1H3. The van der Waals surface area contributed by atoms with Gasteiger partial charge in [0.05, 0.1) is 7.11 Å². The SMILES string of the molecule is COc1ccc2[nH]cc(CCCN3CCN(c4ccc(N5C=CC=CC5)cc4)CC3)c2c1. The zero-order valence-corrected chi connectivity index (χ0v) is 18.8. The van der Waals surface area contributed by atoms with Crippen LogP contribution in [-0.4, -0.2) is 56.3 Å². The summed E-state index contributed by atoms with van der Waals surface area (Å²) in [4.78, 5) is 10.8. The molecule has 0 unspecified atom stereocenters. The summed E-state index contributed by atoms with van der Waals surface area (Å²) in [5, 5.41) is 1.29. The van der Waals surface area contributed by atoms with E-state index in [1.807, 2.05) is 6.07 Å². The van der Waals surface area contributed by atoms with Crippen LogP contribution in [-0.2, 0) is 6.42 Å². The molecule has 1 aromatic heterocycles. The van der Waals surface area contributed by atoms with E-state index in [-0.39, 0.29) is 0 Å². The summed E-state index contributed by atoms with van der Waals surface area (Å²) in [6.07, 6.45) is 12.9. The Morgan fingerprint density at radius 2 is 1.75 bits per heavy atom. The molecule has 1 saturated heterocycles. The molecule has 3 aromatic rings. The molecule has 2 aromatic carbocycles. The van der Waals surface area contributed by atoms with Gasteiger partial charge in [0.2, 0.25) is 0 Å². The molecule has 0 aliphatic carbocycles. The molecule has 3 heterocycles. The summed E-state index contributed by atoms with van der Waals surface area (Å²) in [6.45, 7) is 6.54. The van der Waals surface area contributed by atoms with Gasteiger partial charge in [0.1, 0.15) is 5.75 Å². The number of rotatable bonds is 7. The van der Waals surface area contributed by atoms with Gasteiger partial charge in [-0.15, -0.1) is 0 Å². The predicted molar refractivity (Wildman–Crippen MR) is 134 cm³/mol. The van der Waals surface area contributed by atoms with Crippen LogP contribution in [0.3, 0.4) is 0 Å². The first-order valence-corrected chi connectivity index (χ1v) is 11.6. The highest BCUT2D eigenvalue weighted by Crippen LogP contribution is 2.25. The molecule has 0 atom stereocenters. The van der Waals surface area contributed by atoms with Gasteiger partial charge in [-0.3, -0.25) is 4.90 Å². The van der Waals surface area contributed by atoms with Crippen LogP contribution in [0, 0.1) is 0 Å². The number of piperazine rings is 1. The summed E-state index contributed by atoms with van der Waals surface area (Å²) in [5.74, 6) is 0.923. The average molecular weight is 429 g/mol. The molecular formula is C27H32N4O. The van der Waals surface area contributed by atoms with E-state index in [1.165, 1.54) is 34.3 Å². The quantitative estimate of drug-likeness (QED) is 0.585. The van der Waals surface area contributed by atoms with Crippen molar-refractivity contribution in [3.05, 3.63) is 78.7 Å². The summed E-state index contributed by atoms with van der Waals surface area (Å²) in [5.41, 5.74) is 5.16. The number of fused-ring (bicyclic) bond motifs is 1. The third-order valence-electron chi connectivity index (χ3n) is 6.63. The molecule has 166 valence electrons. The van der Waals surface area contributed by atoms with Crippen molar-refractivity contribution in [3.8, 4) is 5.75 Å². The lowest BCUT2D eigenvalue weighted by Gasteiger charge is -2.36. The minimum atomic E-state index is 0.923. The number of aromatic nitrogens is 1. The Bertz CT molecular complexity index is 1090. The van der Waals surface area contributed by atoms with Gasteiger partial charge in [0.25, 0.3) is 0 Å². The Balaban J connectivity index is 1.10. The Labute approximate surface area is 190 Å². The van der Waals surface area contributed by atoms with Crippen LogP contribution in [0.2, 0.25) is 0 Å². The van der Waals surface area contributed by atoms with Gasteiger partial charge in [-0.05, 0) is 73.5 Å². The van der Waals surface area contributed by atoms with Crippen molar-refractivity contribution in [1.29, 1.82) is 0 Å². The fraction of sp³-hybridized carbons (Fsp3) is 0.333. The highest BCUT2D eigenvalue weighted by atomic mass is 16.5. The number of nitrogens with one attached hydrogen (secondary N) is 1. The van der Waals surface area contributed by atoms with Crippen LogP contribution in [0.25, 0.3) is 10.9 Å². The maximum absolute atomic E-state index is 5.40. The first-order chi connectivity index (χ1) is 15.8. The van der Waals surface area contributed by atoms with E-state index in [4.69, 9.17) is 4.74 Å². The van der Waals surface area contributed by atoms with E-state index in [0.717, 1.165) is 51.4 Å². The Kier molecular flexibility index (Phi) is 6.17. The van der Waals surface area contributed by atoms with E-state index >= 15 is 0 Å². The van der Waals surface area contributed by atoms with Gasteiger partial charge in [-0.25, -0.2) is 0 Å². The fourth-order valence-corrected chi connectivity index (χ4v) is 4.73. The maximum Gasteiger partial charge on any atom is 0.119 e. The van der Waals surface area contributed by atoms with Crippen molar-refractivity contribution in [2.24, 2.45) is 0 Å². The minimum absolute atomic E-state index is 0.923. The molecule has 0 bridgehead atoms. The van der Waals surface area contributed by atoms with Crippen molar-refractivity contribution < 1.29 is 4.74 Å². The van der Waals surface area contributed by atoms with Gasteiger partial charge >= 0.3 is 0 Å². The fourth-order valence-electron chi connectivity index (χ4n) is 4.73. The third kappa shape index (κ3) is 4.53. The summed E-state index contributed by atoms with van der Waals surface area (Å²) in [6, 6.07) is 15.3. The van der Waals surface area contributed by atoms with E-state index in [2.05, 4.69) is 86.7 Å². The average Bonchev–Trinajstić information content (AvgIpc) is 3.27. The zero-order chi connectivity index (χ0) is 21.8. The molecule has 2 aliphatic rings. The lowest BCUT2D eigenvalue weighted by molar-refractivity contribution is 0.255. The molecule has 0 saturated carbocycles. The molecule has 2 aliphatic heterocycles. The second kappa shape index (κ2) is 9.53. The normalized spacial score (nSPS) is 16.8. The van der Waals surface area contributed by atoms with E-state index < -0.39 is 0 Å². The number of benzene rings is 2. The minimum Gasteiger partial charge on any atom is -0.497 e. The highest BCUT2D eigenvalue weighted by molar-refractivity contribution is 5.84. The smallest absolute Gasteiger partial charge is 0.119 e. The third-order valence-corrected chi connectivity index (χ3v) is 6.63. The monoisotopic (exact) mass is 428 g/mol. The molecule has 32 heavy (non-hydrogen) atoms. The topological polar surface area (TPSA) is 34.7 Å². The second-order valence-electron chi connectivity index (χ2n) is 8.60. The van der Waals surface area contributed by atoms with Crippen molar-refractivity contribution in [2.45, 2.75) is 12.8 Å². The van der Waals surface area contributed by atoms with Crippen molar-refractivity contribution in [3.63, 3.8) is 0 Å². The van der Waals surface area contributed by atoms with E-state index in [9.17, 15) is 0 Å². The van der Waals surface area contributed by atoms with Crippen LogP contribution in [0.15, 0.2) is 73.1 Å². The molecular weight excluding hydrogens is 396 g/mol. The Morgan fingerprint density at radius 3 is 2.50 bits per heavy atom. The van der Waals surface area contributed by atoms with Gasteiger partial charge < -0.3 is 19.5 Å². The van der Waals surface area contributed by atoms with Gasteiger partial charge in [-0.1, -0.05) is 12.2 Å². The highest BCUT2D eigenvalue weighted by Gasteiger charge is 2.17. The van der Waals surface area contributed by atoms with Crippen LogP contribution in [0.4, 0.5) is 11.4 Å². The summed E-state index contributed by atoms with van der Waals surface area (Å²) < 4.78 is 5.40.